The number of nitrogens with one attached hydrogen (secondary N) is 1. The number of aliphatic carboxylic acids is 1. The van der Waals surface area contributed by atoms with Crippen molar-refractivity contribution in [2.75, 3.05) is 11.9 Å². The molecule has 0 aliphatic heterocycles. The van der Waals surface area contributed by atoms with Crippen LogP contribution >= 0.6 is 0 Å². The molecule has 21 heavy (non-hydrogen) atoms. The average molecular weight is 290 g/mol. The van der Waals surface area contributed by atoms with Crippen molar-refractivity contribution in [2.24, 2.45) is 5.92 Å². The highest BCUT2D eigenvalue weighted by molar-refractivity contribution is 5.91. The molecule has 0 spiro atoms. The highest BCUT2D eigenvalue weighted by Gasteiger charge is 2.46. The van der Waals surface area contributed by atoms with Crippen molar-refractivity contribution >= 4 is 22.6 Å². The molecule has 1 heterocycles. The Labute approximate surface area is 120 Å². The lowest BCUT2D eigenvalue weighted by Crippen LogP contribution is -2.51. The van der Waals surface area contributed by atoms with E-state index in [0.29, 0.717) is 11.1 Å². The van der Waals surface area contributed by atoms with Crippen molar-refractivity contribution in [3.05, 3.63) is 36.3 Å². The third-order valence-corrected chi connectivity index (χ3v) is 3.93. The minimum Gasteiger partial charge on any atom is -0.481 e. The quantitative estimate of drug-likeness (QED) is 0.802. The number of aromatic nitrogens is 1. The van der Waals surface area contributed by atoms with Crippen LogP contribution in [0, 0.1) is 11.7 Å². The second-order valence-electron chi connectivity index (χ2n) is 5.52. The Morgan fingerprint density at radius 2 is 2.19 bits per heavy atom. The van der Waals surface area contributed by atoms with E-state index < -0.39 is 23.3 Å². The molecule has 1 saturated carbocycles. The van der Waals surface area contributed by atoms with Crippen LogP contribution in [0.2, 0.25) is 0 Å². The molecule has 5 nitrogen and oxygen atoms in total. The van der Waals surface area contributed by atoms with Gasteiger partial charge in [0, 0.05) is 23.8 Å². The van der Waals surface area contributed by atoms with Crippen LogP contribution in [-0.2, 0) is 4.79 Å². The van der Waals surface area contributed by atoms with Crippen molar-refractivity contribution in [1.82, 2.24) is 4.98 Å². The summed E-state index contributed by atoms with van der Waals surface area (Å²) in [7, 11) is 0. The molecule has 0 amide bonds. The maximum Gasteiger partial charge on any atom is 0.306 e. The fraction of sp³-hybridized carbons (Fsp3) is 0.333. The summed E-state index contributed by atoms with van der Waals surface area (Å²) < 4.78 is 13.7. The Balaban J connectivity index is 1.75. The van der Waals surface area contributed by atoms with Gasteiger partial charge < -0.3 is 15.5 Å². The zero-order chi connectivity index (χ0) is 15.0. The highest BCUT2D eigenvalue weighted by atomic mass is 19.1. The molecule has 2 aromatic rings. The smallest absolute Gasteiger partial charge is 0.306 e. The van der Waals surface area contributed by atoms with Crippen molar-refractivity contribution in [1.29, 1.82) is 0 Å². The molecule has 1 aromatic carbocycles. The summed E-state index contributed by atoms with van der Waals surface area (Å²) in [5, 5.41) is 22.7. The van der Waals surface area contributed by atoms with E-state index in [1.165, 1.54) is 12.3 Å². The number of para-hydroxylation sites is 1. The van der Waals surface area contributed by atoms with Crippen molar-refractivity contribution in [3.63, 3.8) is 0 Å². The number of pyridine rings is 1. The van der Waals surface area contributed by atoms with Crippen LogP contribution in [0.4, 0.5) is 10.1 Å². The second kappa shape index (κ2) is 4.96. The summed E-state index contributed by atoms with van der Waals surface area (Å²) in [6, 6.07) is 6.40. The lowest BCUT2D eigenvalue weighted by atomic mass is 9.71. The third kappa shape index (κ3) is 2.54. The third-order valence-electron chi connectivity index (χ3n) is 3.93. The van der Waals surface area contributed by atoms with Gasteiger partial charge in [0.05, 0.1) is 11.5 Å². The Bertz CT molecular complexity index is 698. The molecule has 1 aliphatic carbocycles. The summed E-state index contributed by atoms with van der Waals surface area (Å²) in [5.41, 5.74) is -0.0791. The molecule has 0 saturated heterocycles. The topological polar surface area (TPSA) is 82.5 Å². The number of anilines is 1. The molecule has 1 fully saturated rings. The van der Waals surface area contributed by atoms with E-state index in [1.54, 1.807) is 18.2 Å². The number of hydrogen-bond donors (Lipinski definition) is 3. The second-order valence-corrected chi connectivity index (χ2v) is 5.52. The Morgan fingerprint density at radius 1 is 1.43 bits per heavy atom. The molecule has 1 aliphatic rings. The van der Waals surface area contributed by atoms with Gasteiger partial charge in [-0.1, -0.05) is 12.1 Å². The summed E-state index contributed by atoms with van der Waals surface area (Å²) in [5.74, 6) is -1.76. The Morgan fingerprint density at radius 3 is 2.90 bits per heavy atom. The predicted molar refractivity (Wildman–Crippen MR) is 75.5 cm³/mol. The van der Waals surface area contributed by atoms with Crippen molar-refractivity contribution in [2.45, 2.75) is 18.4 Å². The van der Waals surface area contributed by atoms with Crippen LogP contribution in [-0.4, -0.2) is 33.3 Å². The van der Waals surface area contributed by atoms with E-state index in [0.717, 1.165) is 0 Å². The van der Waals surface area contributed by atoms with E-state index in [1.807, 2.05) is 0 Å². The molecule has 1 aromatic heterocycles. The van der Waals surface area contributed by atoms with Crippen LogP contribution in [0.5, 0.6) is 0 Å². The zero-order valence-electron chi connectivity index (χ0n) is 11.2. The first-order valence-electron chi connectivity index (χ1n) is 6.71. The summed E-state index contributed by atoms with van der Waals surface area (Å²) >= 11 is 0. The number of hydrogen-bond acceptors (Lipinski definition) is 4. The number of fused-ring (bicyclic) bond motifs is 1. The highest BCUT2D eigenvalue weighted by Crippen LogP contribution is 2.38. The molecule has 3 N–H and O–H groups in total. The van der Waals surface area contributed by atoms with Crippen LogP contribution in [0.3, 0.4) is 0 Å². The van der Waals surface area contributed by atoms with E-state index in [9.17, 15) is 14.3 Å². The fourth-order valence-corrected chi connectivity index (χ4v) is 2.73. The number of carbonyl (C=O) groups is 1. The molecule has 0 bridgehead atoms. The molecular formula is C15H15FN2O3. The maximum absolute atomic E-state index is 13.7. The normalized spacial score (nSPS) is 24.6. The zero-order valence-corrected chi connectivity index (χ0v) is 11.2. The Kier molecular flexibility index (Phi) is 3.25. The van der Waals surface area contributed by atoms with Gasteiger partial charge in [0.25, 0.3) is 0 Å². The minimum absolute atomic E-state index is 0.229. The van der Waals surface area contributed by atoms with Crippen LogP contribution in [0.25, 0.3) is 10.9 Å². The molecule has 3 rings (SSSR count). The SMILES string of the molecule is O=C(O)C1CC(O)(CNc2ccnc3c(F)cccc23)C1. The number of carboxylic acid groups (broad SMARTS) is 1. The van der Waals surface area contributed by atoms with Crippen molar-refractivity contribution < 1.29 is 19.4 Å². The number of nitrogens with zero attached hydrogens (tertiary/aromatic N) is 1. The van der Waals surface area contributed by atoms with Gasteiger partial charge >= 0.3 is 5.97 Å². The minimum atomic E-state index is -1.02. The maximum atomic E-state index is 13.7. The first-order valence-corrected chi connectivity index (χ1v) is 6.71. The number of rotatable bonds is 4. The molecule has 0 unspecified atom stereocenters. The van der Waals surface area contributed by atoms with Crippen LogP contribution in [0.15, 0.2) is 30.5 Å². The standard InChI is InChI=1S/C15H15FN2O3/c16-11-3-1-2-10-12(4-5-17-13(10)11)18-8-15(21)6-9(7-15)14(19)20/h1-5,9,21H,6-8H2,(H,17,18)(H,19,20). The number of aliphatic hydroxyl groups is 1. The summed E-state index contributed by atoms with van der Waals surface area (Å²) in [4.78, 5) is 14.8. The van der Waals surface area contributed by atoms with Gasteiger partial charge in [-0.2, -0.15) is 0 Å². The van der Waals surface area contributed by atoms with Gasteiger partial charge in [0.15, 0.2) is 0 Å². The van der Waals surface area contributed by atoms with Gasteiger partial charge in [-0.05, 0) is 25.0 Å². The van der Waals surface area contributed by atoms with E-state index in [2.05, 4.69) is 10.3 Å². The van der Waals surface area contributed by atoms with Gasteiger partial charge in [0.1, 0.15) is 11.3 Å². The fourth-order valence-electron chi connectivity index (χ4n) is 2.73. The molecule has 6 heteroatoms. The van der Waals surface area contributed by atoms with Crippen LogP contribution < -0.4 is 5.32 Å². The summed E-state index contributed by atoms with van der Waals surface area (Å²) in [6.07, 6.45) is 1.96. The molecular weight excluding hydrogens is 275 g/mol. The van der Waals surface area contributed by atoms with E-state index in [4.69, 9.17) is 5.11 Å². The van der Waals surface area contributed by atoms with Gasteiger partial charge in [0.2, 0.25) is 0 Å². The van der Waals surface area contributed by atoms with E-state index >= 15 is 0 Å². The molecule has 110 valence electrons. The van der Waals surface area contributed by atoms with Crippen LogP contribution in [0.1, 0.15) is 12.8 Å². The average Bonchev–Trinajstić information content (AvgIpc) is 2.42. The predicted octanol–water partition coefficient (Wildman–Crippen LogP) is 2.01. The lowest BCUT2D eigenvalue weighted by Gasteiger charge is -2.41. The largest absolute Gasteiger partial charge is 0.481 e. The Hall–Kier alpha value is -2.21. The van der Waals surface area contributed by atoms with Gasteiger partial charge in [-0.25, -0.2) is 4.39 Å². The molecule has 0 radical (unpaired) electrons. The number of carboxylic acids is 1. The van der Waals surface area contributed by atoms with Gasteiger partial charge in [-0.3, -0.25) is 9.78 Å². The number of benzene rings is 1. The first kappa shape index (κ1) is 13.8. The summed E-state index contributed by atoms with van der Waals surface area (Å²) in [6.45, 7) is 0.229. The molecule has 0 atom stereocenters. The van der Waals surface area contributed by atoms with E-state index in [-0.39, 0.29) is 24.9 Å². The van der Waals surface area contributed by atoms with Crippen molar-refractivity contribution in [3.8, 4) is 0 Å². The first-order chi connectivity index (χ1) is 9.98. The number of halogens is 1. The lowest BCUT2D eigenvalue weighted by molar-refractivity contribution is -0.156. The van der Waals surface area contributed by atoms with Gasteiger partial charge in [-0.15, -0.1) is 0 Å². The monoisotopic (exact) mass is 290 g/mol.